The monoisotopic (exact) mass is 363 g/mol. The van der Waals surface area contributed by atoms with Gasteiger partial charge in [-0.25, -0.2) is 4.98 Å². The Balaban J connectivity index is 1.25. The van der Waals surface area contributed by atoms with Crippen LogP contribution in [0.5, 0.6) is 0 Å². The number of fused-ring (bicyclic) bond motifs is 1. The molecule has 0 aliphatic carbocycles. The van der Waals surface area contributed by atoms with Crippen molar-refractivity contribution in [3.8, 4) is 0 Å². The summed E-state index contributed by atoms with van der Waals surface area (Å²) in [6.07, 6.45) is 1.80. The van der Waals surface area contributed by atoms with Gasteiger partial charge in [-0.05, 0) is 31.2 Å². The largest absolute Gasteiger partial charge is 0.369 e. The molecule has 1 saturated heterocycles. The van der Waals surface area contributed by atoms with Gasteiger partial charge in [-0.3, -0.25) is 9.69 Å². The van der Waals surface area contributed by atoms with E-state index in [1.165, 1.54) is 5.69 Å². The lowest BCUT2D eigenvalue weighted by Gasteiger charge is -2.36. The summed E-state index contributed by atoms with van der Waals surface area (Å²) < 4.78 is 1.94. The highest BCUT2D eigenvalue weighted by Crippen LogP contribution is 2.15. The number of aromatic nitrogens is 2. The summed E-state index contributed by atoms with van der Waals surface area (Å²) in [4.78, 5) is 21.6. The maximum atomic E-state index is 12.4. The number of carbonyl (C=O) groups is 1. The Morgan fingerprint density at radius 1 is 1.04 bits per heavy atom. The minimum Gasteiger partial charge on any atom is -0.369 e. The smallest absolute Gasteiger partial charge is 0.271 e. The van der Waals surface area contributed by atoms with Crippen molar-refractivity contribution in [1.82, 2.24) is 19.6 Å². The molecule has 4 rings (SSSR count). The molecule has 1 amide bonds. The fourth-order valence-electron chi connectivity index (χ4n) is 3.54. The maximum absolute atomic E-state index is 12.4. The Bertz CT molecular complexity index is 913. The molecule has 1 N–H and O–H groups in total. The molecule has 6 heteroatoms. The van der Waals surface area contributed by atoms with Gasteiger partial charge < -0.3 is 14.6 Å². The fourth-order valence-corrected chi connectivity index (χ4v) is 3.54. The number of imidazole rings is 1. The van der Waals surface area contributed by atoms with Gasteiger partial charge in [0, 0.05) is 56.8 Å². The van der Waals surface area contributed by atoms with Crippen molar-refractivity contribution in [1.29, 1.82) is 0 Å². The van der Waals surface area contributed by atoms with Crippen molar-refractivity contribution < 1.29 is 4.79 Å². The molecule has 140 valence electrons. The summed E-state index contributed by atoms with van der Waals surface area (Å²) in [5.74, 6) is -0.110. The molecule has 0 saturated carbocycles. The number of anilines is 1. The minimum absolute atomic E-state index is 0.110. The lowest BCUT2D eigenvalue weighted by molar-refractivity contribution is 0.0943. The Morgan fingerprint density at radius 2 is 1.81 bits per heavy atom. The van der Waals surface area contributed by atoms with Crippen LogP contribution in [-0.2, 0) is 0 Å². The first-order valence-electron chi connectivity index (χ1n) is 9.46. The second-order valence-corrected chi connectivity index (χ2v) is 6.94. The Hall–Kier alpha value is -2.86. The molecule has 0 radical (unpaired) electrons. The Morgan fingerprint density at radius 3 is 2.56 bits per heavy atom. The third-order valence-electron chi connectivity index (χ3n) is 5.14. The second-order valence-electron chi connectivity index (χ2n) is 6.94. The first-order chi connectivity index (χ1) is 13.2. The summed E-state index contributed by atoms with van der Waals surface area (Å²) in [5.41, 5.74) is 3.62. The molecule has 1 aliphatic heterocycles. The van der Waals surface area contributed by atoms with Crippen LogP contribution >= 0.6 is 0 Å². The van der Waals surface area contributed by atoms with E-state index in [0.29, 0.717) is 12.2 Å². The summed E-state index contributed by atoms with van der Waals surface area (Å²) in [7, 11) is 0. The Kier molecular flexibility index (Phi) is 5.07. The van der Waals surface area contributed by atoms with E-state index in [2.05, 4.69) is 44.4 Å². The number of hydrogen-bond acceptors (Lipinski definition) is 4. The second kappa shape index (κ2) is 7.80. The van der Waals surface area contributed by atoms with Crippen LogP contribution in [0.4, 0.5) is 5.69 Å². The van der Waals surface area contributed by atoms with E-state index in [-0.39, 0.29) is 5.91 Å². The number of hydrogen-bond donors (Lipinski definition) is 1. The number of amides is 1. The van der Waals surface area contributed by atoms with Gasteiger partial charge in [0.2, 0.25) is 0 Å². The normalized spacial score (nSPS) is 15.2. The number of piperazine rings is 1. The number of carbonyl (C=O) groups excluding carboxylic acids is 1. The van der Waals surface area contributed by atoms with Crippen LogP contribution in [0.25, 0.3) is 5.65 Å². The van der Waals surface area contributed by atoms with Gasteiger partial charge in [-0.15, -0.1) is 0 Å². The highest BCUT2D eigenvalue weighted by atomic mass is 16.1. The molecule has 0 atom stereocenters. The van der Waals surface area contributed by atoms with E-state index >= 15 is 0 Å². The van der Waals surface area contributed by atoms with E-state index in [9.17, 15) is 4.79 Å². The Labute approximate surface area is 159 Å². The van der Waals surface area contributed by atoms with E-state index in [1.54, 1.807) is 6.20 Å². The zero-order valence-electron chi connectivity index (χ0n) is 15.6. The van der Waals surface area contributed by atoms with Crippen LogP contribution in [0.1, 0.15) is 16.2 Å². The number of nitrogens with zero attached hydrogens (tertiary/aromatic N) is 4. The van der Waals surface area contributed by atoms with E-state index < -0.39 is 0 Å². The van der Waals surface area contributed by atoms with E-state index in [4.69, 9.17) is 0 Å². The van der Waals surface area contributed by atoms with E-state index in [1.807, 2.05) is 35.6 Å². The molecule has 1 fully saturated rings. The SMILES string of the molecule is Cc1cccc2nc(C(=O)NCCN3CCN(c4ccccc4)CC3)cn12. The van der Waals surface area contributed by atoms with Crippen molar-refractivity contribution in [2.45, 2.75) is 6.92 Å². The summed E-state index contributed by atoms with van der Waals surface area (Å²) >= 11 is 0. The molecule has 1 aliphatic rings. The first-order valence-corrected chi connectivity index (χ1v) is 9.46. The molecule has 3 heterocycles. The van der Waals surface area contributed by atoms with Crippen LogP contribution < -0.4 is 10.2 Å². The lowest BCUT2D eigenvalue weighted by Crippen LogP contribution is -2.48. The lowest BCUT2D eigenvalue weighted by atomic mass is 10.2. The molecular formula is C21H25N5O. The highest BCUT2D eigenvalue weighted by Gasteiger charge is 2.17. The summed E-state index contributed by atoms with van der Waals surface area (Å²) in [6.45, 7) is 7.56. The molecular weight excluding hydrogens is 338 g/mol. The van der Waals surface area contributed by atoms with Crippen molar-refractivity contribution in [2.75, 3.05) is 44.2 Å². The number of aryl methyl sites for hydroxylation is 1. The van der Waals surface area contributed by atoms with Crippen LogP contribution in [0, 0.1) is 6.92 Å². The van der Waals surface area contributed by atoms with Crippen molar-refractivity contribution >= 4 is 17.2 Å². The molecule has 0 spiro atoms. The zero-order valence-corrected chi connectivity index (χ0v) is 15.6. The number of pyridine rings is 1. The minimum atomic E-state index is -0.110. The molecule has 6 nitrogen and oxygen atoms in total. The predicted octanol–water partition coefficient (Wildman–Crippen LogP) is 2.19. The molecule has 3 aromatic rings. The summed E-state index contributed by atoms with van der Waals surface area (Å²) in [6, 6.07) is 16.4. The highest BCUT2D eigenvalue weighted by molar-refractivity contribution is 5.92. The van der Waals surface area contributed by atoms with Gasteiger partial charge in [-0.1, -0.05) is 24.3 Å². The van der Waals surface area contributed by atoms with Crippen molar-refractivity contribution in [3.05, 3.63) is 66.1 Å². The van der Waals surface area contributed by atoms with Crippen LogP contribution in [0.15, 0.2) is 54.7 Å². The standard InChI is InChI=1S/C21H25N5O/c1-17-6-5-9-20-23-19(16-26(17)20)21(27)22-10-11-24-12-14-25(15-13-24)18-7-3-2-4-8-18/h2-9,16H,10-15H2,1H3,(H,22,27). The average molecular weight is 363 g/mol. The van der Waals surface area contributed by atoms with Gasteiger partial charge in [0.25, 0.3) is 5.91 Å². The van der Waals surface area contributed by atoms with Gasteiger partial charge in [-0.2, -0.15) is 0 Å². The number of rotatable bonds is 5. The predicted molar refractivity (Wildman–Crippen MR) is 107 cm³/mol. The van der Waals surface area contributed by atoms with Crippen LogP contribution in [-0.4, -0.2) is 59.5 Å². The zero-order chi connectivity index (χ0) is 18.6. The third-order valence-corrected chi connectivity index (χ3v) is 5.14. The number of para-hydroxylation sites is 1. The molecule has 1 aromatic carbocycles. The third kappa shape index (κ3) is 3.95. The quantitative estimate of drug-likeness (QED) is 0.755. The molecule has 0 bridgehead atoms. The van der Waals surface area contributed by atoms with Gasteiger partial charge in [0.15, 0.2) is 0 Å². The number of nitrogens with one attached hydrogen (secondary N) is 1. The molecule has 0 unspecified atom stereocenters. The van der Waals surface area contributed by atoms with E-state index in [0.717, 1.165) is 44.1 Å². The summed E-state index contributed by atoms with van der Waals surface area (Å²) in [5, 5.41) is 3.00. The average Bonchev–Trinajstić information content (AvgIpc) is 3.15. The van der Waals surface area contributed by atoms with Crippen molar-refractivity contribution in [2.24, 2.45) is 0 Å². The maximum Gasteiger partial charge on any atom is 0.271 e. The first kappa shape index (κ1) is 17.5. The van der Waals surface area contributed by atoms with Crippen molar-refractivity contribution in [3.63, 3.8) is 0 Å². The molecule has 2 aromatic heterocycles. The van der Waals surface area contributed by atoms with Gasteiger partial charge in [0.1, 0.15) is 11.3 Å². The fraction of sp³-hybridized carbons (Fsp3) is 0.333. The number of benzene rings is 1. The van der Waals surface area contributed by atoms with Crippen LogP contribution in [0.3, 0.4) is 0 Å². The van der Waals surface area contributed by atoms with Gasteiger partial charge >= 0.3 is 0 Å². The topological polar surface area (TPSA) is 52.9 Å². The molecule has 27 heavy (non-hydrogen) atoms. The van der Waals surface area contributed by atoms with Gasteiger partial charge in [0.05, 0.1) is 0 Å². The van der Waals surface area contributed by atoms with Crippen LogP contribution in [0.2, 0.25) is 0 Å².